The van der Waals surface area contributed by atoms with Crippen LogP contribution in [0.3, 0.4) is 0 Å². The molecule has 1 aliphatic heterocycles. The SMILES string of the molecule is Cc1ccc(N)cc1C(=O)N1CCOC(c2ccc(F)c(F)c2)C1.Cl. The van der Waals surface area contributed by atoms with Crippen molar-refractivity contribution in [2.24, 2.45) is 0 Å². The van der Waals surface area contributed by atoms with Crippen LogP contribution in [0.2, 0.25) is 0 Å². The van der Waals surface area contributed by atoms with Crippen LogP contribution in [0.4, 0.5) is 14.5 Å². The molecule has 4 nitrogen and oxygen atoms in total. The molecular formula is C18H19ClF2N2O2. The molecule has 1 fully saturated rings. The van der Waals surface area contributed by atoms with Crippen molar-refractivity contribution in [3.63, 3.8) is 0 Å². The summed E-state index contributed by atoms with van der Waals surface area (Å²) in [7, 11) is 0. The second-order valence-electron chi connectivity index (χ2n) is 5.86. The monoisotopic (exact) mass is 368 g/mol. The van der Waals surface area contributed by atoms with Crippen molar-refractivity contribution >= 4 is 24.0 Å². The molecule has 0 spiro atoms. The molecule has 1 amide bonds. The van der Waals surface area contributed by atoms with Crippen LogP contribution in [-0.2, 0) is 4.74 Å². The van der Waals surface area contributed by atoms with E-state index in [-0.39, 0.29) is 24.9 Å². The van der Waals surface area contributed by atoms with Gasteiger partial charge in [-0.1, -0.05) is 12.1 Å². The summed E-state index contributed by atoms with van der Waals surface area (Å²) in [4.78, 5) is 14.4. The van der Waals surface area contributed by atoms with Gasteiger partial charge < -0.3 is 15.4 Å². The Labute approximate surface area is 151 Å². The summed E-state index contributed by atoms with van der Waals surface area (Å²) in [6, 6.07) is 8.85. The molecular weight excluding hydrogens is 350 g/mol. The molecule has 1 aliphatic rings. The van der Waals surface area contributed by atoms with E-state index in [1.807, 2.05) is 6.92 Å². The van der Waals surface area contributed by atoms with Crippen LogP contribution in [0, 0.1) is 18.6 Å². The number of rotatable bonds is 2. The number of ether oxygens (including phenoxy) is 1. The van der Waals surface area contributed by atoms with E-state index in [2.05, 4.69) is 0 Å². The zero-order chi connectivity index (χ0) is 17.3. The molecule has 2 aromatic carbocycles. The lowest BCUT2D eigenvalue weighted by Gasteiger charge is -2.33. The molecule has 3 rings (SSSR count). The van der Waals surface area contributed by atoms with E-state index in [0.717, 1.165) is 17.7 Å². The Morgan fingerprint density at radius 3 is 2.68 bits per heavy atom. The van der Waals surface area contributed by atoms with Crippen LogP contribution in [0.5, 0.6) is 0 Å². The van der Waals surface area contributed by atoms with E-state index in [1.54, 1.807) is 23.1 Å². The van der Waals surface area contributed by atoms with Gasteiger partial charge in [0.15, 0.2) is 11.6 Å². The van der Waals surface area contributed by atoms with E-state index in [9.17, 15) is 13.6 Å². The predicted molar refractivity (Wildman–Crippen MR) is 93.8 cm³/mol. The molecule has 1 atom stereocenters. The minimum Gasteiger partial charge on any atom is -0.399 e. The minimum absolute atomic E-state index is 0. The highest BCUT2D eigenvalue weighted by atomic mass is 35.5. The molecule has 1 saturated heterocycles. The maximum atomic E-state index is 13.4. The molecule has 0 saturated carbocycles. The highest BCUT2D eigenvalue weighted by Gasteiger charge is 2.27. The smallest absolute Gasteiger partial charge is 0.254 e. The van der Waals surface area contributed by atoms with Crippen LogP contribution >= 0.6 is 12.4 Å². The average molecular weight is 369 g/mol. The summed E-state index contributed by atoms with van der Waals surface area (Å²) in [5.41, 5.74) is 8.18. The van der Waals surface area contributed by atoms with Gasteiger partial charge in [-0.25, -0.2) is 8.78 Å². The van der Waals surface area contributed by atoms with Gasteiger partial charge in [0.25, 0.3) is 5.91 Å². The Hall–Kier alpha value is -2.18. The topological polar surface area (TPSA) is 55.6 Å². The maximum Gasteiger partial charge on any atom is 0.254 e. The van der Waals surface area contributed by atoms with E-state index < -0.39 is 17.7 Å². The van der Waals surface area contributed by atoms with Crippen LogP contribution in [0.25, 0.3) is 0 Å². The Balaban J connectivity index is 0.00000225. The first-order valence-electron chi connectivity index (χ1n) is 7.67. The molecule has 0 aliphatic carbocycles. The number of halogens is 3. The highest BCUT2D eigenvalue weighted by molar-refractivity contribution is 5.96. The molecule has 0 bridgehead atoms. The molecule has 7 heteroatoms. The van der Waals surface area contributed by atoms with Crippen LogP contribution in [-0.4, -0.2) is 30.5 Å². The molecule has 134 valence electrons. The summed E-state index contributed by atoms with van der Waals surface area (Å²) in [6.07, 6.45) is -0.487. The Morgan fingerprint density at radius 1 is 1.20 bits per heavy atom. The number of aryl methyl sites for hydroxylation is 1. The van der Waals surface area contributed by atoms with Gasteiger partial charge in [0.05, 0.1) is 13.2 Å². The third kappa shape index (κ3) is 4.08. The third-order valence-electron chi connectivity index (χ3n) is 4.16. The normalized spacial score (nSPS) is 17.1. The standard InChI is InChI=1S/C18H18F2N2O2.ClH/c1-11-2-4-13(21)9-14(11)18(23)22-6-7-24-17(10-22)12-3-5-15(19)16(20)8-12;/h2-5,8-9,17H,6-7,10,21H2,1H3;1H. The second-order valence-corrected chi connectivity index (χ2v) is 5.86. The summed E-state index contributed by atoms with van der Waals surface area (Å²) < 4.78 is 32.1. The number of anilines is 1. The highest BCUT2D eigenvalue weighted by Crippen LogP contribution is 2.25. The largest absolute Gasteiger partial charge is 0.399 e. The number of morpholine rings is 1. The molecule has 2 aromatic rings. The number of amides is 1. The van der Waals surface area contributed by atoms with Gasteiger partial charge in [-0.2, -0.15) is 0 Å². The first kappa shape index (κ1) is 19.1. The molecule has 25 heavy (non-hydrogen) atoms. The van der Waals surface area contributed by atoms with Crippen molar-refractivity contribution in [1.29, 1.82) is 0 Å². The molecule has 0 aromatic heterocycles. The minimum atomic E-state index is -0.925. The van der Waals surface area contributed by atoms with Gasteiger partial charge in [-0.15, -0.1) is 12.4 Å². The average Bonchev–Trinajstić information content (AvgIpc) is 2.59. The second kappa shape index (κ2) is 7.80. The van der Waals surface area contributed by atoms with Crippen molar-refractivity contribution in [2.75, 3.05) is 25.4 Å². The summed E-state index contributed by atoms with van der Waals surface area (Å²) in [5, 5.41) is 0. The predicted octanol–water partition coefficient (Wildman–Crippen LogP) is 3.49. The fourth-order valence-electron chi connectivity index (χ4n) is 2.79. The molecule has 2 N–H and O–H groups in total. The quantitative estimate of drug-likeness (QED) is 0.825. The zero-order valence-corrected chi connectivity index (χ0v) is 14.5. The Morgan fingerprint density at radius 2 is 1.96 bits per heavy atom. The van der Waals surface area contributed by atoms with Gasteiger partial charge in [-0.05, 0) is 42.3 Å². The summed E-state index contributed by atoms with van der Waals surface area (Å²) >= 11 is 0. The maximum absolute atomic E-state index is 13.4. The number of nitrogens with two attached hydrogens (primary N) is 1. The number of nitrogen functional groups attached to an aromatic ring is 1. The van der Waals surface area contributed by atoms with Gasteiger partial charge in [0.2, 0.25) is 0 Å². The van der Waals surface area contributed by atoms with Crippen molar-refractivity contribution in [3.05, 3.63) is 64.7 Å². The lowest BCUT2D eigenvalue weighted by atomic mass is 10.0. The van der Waals surface area contributed by atoms with E-state index >= 15 is 0 Å². The van der Waals surface area contributed by atoms with Crippen LogP contribution in [0.1, 0.15) is 27.6 Å². The molecule has 0 radical (unpaired) electrons. The van der Waals surface area contributed by atoms with E-state index in [1.165, 1.54) is 6.07 Å². The van der Waals surface area contributed by atoms with Crippen molar-refractivity contribution in [1.82, 2.24) is 4.90 Å². The van der Waals surface area contributed by atoms with Crippen LogP contribution in [0.15, 0.2) is 36.4 Å². The van der Waals surface area contributed by atoms with Gasteiger partial charge in [0, 0.05) is 17.8 Å². The van der Waals surface area contributed by atoms with Crippen molar-refractivity contribution < 1.29 is 18.3 Å². The first-order valence-corrected chi connectivity index (χ1v) is 7.67. The van der Waals surface area contributed by atoms with Gasteiger partial charge in [0.1, 0.15) is 6.10 Å². The van der Waals surface area contributed by atoms with E-state index in [4.69, 9.17) is 10.5 Å². The number of benzene rings is 2. The van der Waals surface area contributed by atoms with Gasteiger partial charge >= 0.3 is 0 Å². The lowest BCUT2D eigenvalue weighted by Crippen LogP contribution is -2.42. The number of nitrogens with zero attached hydrogens (tertiary/aromatic N) is 1. The zero-order valence-electron chi connectivity index (χ0n) is 13.7. The first-order chi connectivity index (χ1) is 11.5. The lowest BCUT2D eigenvalue weighted by molar-refractivity contribution is -0.0230. The Bertz CT molecular complexity index is 786. The number of hydrogen-bond donors (Lipinski definition) is 1. The number of carbonyl (C=O) groups is 1. The molecule has 1 heterocycles. The Kier molecular flexibility index (Phi) is 5.98. The third-order valence-corrected chi connectivity index (χ3v) is 4.16. The number of hydrogen-bond acceptors (Lipinski definition) is 3. The van der Waals surface area contributed by atoms with Gasteiger partial charge in [-0.3, -0.25) is 4.79 Å². The van der Waals surface area contributed by atoms with E-state index in [0.29, 0.717) is 30.0 Å². The van der Waals surface area contributed by atoms with Crippen LogP contribution < -0.4 is 5.73 Å². The fourth-order valence-corrected chi connectivity index (χ4v) is 2.79. The molecule has 1 unspecified atom stereocenters. The fraction of sp³-hybridized carbons (Fsp3) is 0.278. The number of carbonyl (C=O) groups excluding carboxylic acids is 1. The van der Waals surface area contributed by atoms with Crippen molar-refractivity contribution in [3.8, 4) is 0 Å². The summed E-state index contributed by atoms with van der Waals surface area (Å²) in [6.45, 7) is 2.89. The summed E-state index contributed by atoms with van der Waals surface area (Å²) in [5.74, 6) is -1.97. The van der Waals surface area contributed by atoms with Crippen molar-refractivity contribution in [2.45, 2.75) is 13.0 Å².